The lowest BCUT2D eigenvalue weighted by Crippen LogP contribution is -2.36. The molecule has 5 nitrogen and oxygen atoms in total. The van der Waals surface area contributed by atoms with Gasteiger partial charge in [-0.15, -0.1) is 0 Å². The Kier molecular flexibility index (Phi) is 4.64. The Hall–Kier alpha value is -1.86. The number of aryl methyl sites for hydroxylation is 1. The van der Waals surface area contributed by atoms with Gasteiger partial charge in [0.15, 0.2) is 0 Å². The lowest BCUT2D eigenvalue weighted by atomic mass is 10.0. The number of ether oxygens (including phenoxy) is 1. The first-order valence-corrected chi connectivity index (χ1v) is 9.67. The molecule has 3 rings (SSSR count). The fraction of sp³-hybridized carbons (Fsp3) is 0.235. The molecule has 2 aromatic rings. The van der Waals surface area contributed by atoms with Gasteiger partial charge >= 0.3 is 5.97 Å². The summed E-state index contributed by atoms with van der Waals surface area (Å²) in [5.41, 5.74) is 1.68. The summed E-state index contributed by atoms with van der Waals surface area (Å²) < 4.78 is 33.1. The van der Waals surface area contributed by atoms with Crippen molar-refractivity contribution in [3.63, 3.8) is 0 Å². The van der Waals surface area contributed by atoms with Crippen LogP contribution in [0.15, 0.2) is 51.8 Å². The van der Waals surface area contributed by atoms with Gasteiger partial charge in [-0.1, -0.05) is 34.1 Å². The number of anilines is 1. The van der Waals surface area contributed by atoms with Gasteiger partial charge in [0, 0.05) is 11.0 Å². The van der Waals surface area contributed by atoms with Gasteiger partial charge in [-0.05, 0) is 42.7 Å². The van der Waals surface area contributed by atoms with Crippen LogP contribution in [0.1, 0.15) is 22.3 Å². The summed E-state index contributed by atoms with van der Waals surface area (Å²) >= 11 is 3.27. The van der Waals surface area contributed by atoms with E-state index in [4.69, 9.17) is 4.74 Å². The van der Waals surface area contributed by atoms with Gasteiger partial charge in [-0.25, -0.2) is 13.2 Å². The molecule has 7 heteroatoms. The smallest absolute Gasteiger partial charge is 0.339 e. The van der Waals surface area contributed by atoms with E-state index >= 15 is 0 Å². The number of hydrogen-bond acceptors (Lipinski definition) is 4. The zero-order chi connectivity index (χ0) is 17.3. The number of nitrogens with zero attached hydrogens (tertiary/aromatic N) is 1. The molecule has 0 bridgehead atoms. The highest BCUT2D eigenvalue weighted by molar-refractivity contribution is 9.10. The van der Waals surface area contributed by atoms with Crippen LogP contribution in [-0.4, -0.2) is 28.0 Å². The van der Waals surface area contributed by atoms with E-state index in [1.807, 2.05) is 18.2 Å². The van der Waals surface area contributed by atoms with E-state index in [0.717, 1.165) is 18.4 Å². The molecule has 1 aliphatic heterocycles. The Balaban J connectivity index is 2.15. The molecule has 24 heavy (non-hydrogen) atoms. The van der Waals surface area contributed by atoms with Crippen molar-refractivity contribution in [1.29, 1.82) is 0 Å². The third-order valence-electron chi connectivity index (χ3n) is 3.98. The molecule has 0 N–H and O–H groups in total. The average molecular weight is 410 g/mol. The summed E-state index contributed by atoms with van der Waals surface area (Å²) in [4.78, 5) is 12.0. The summed E-state index contributed by atoms with van der Waals surface area (Å²) in [7, 11) is -2.63. The predicted octanol–water partition coefficient (Wildman–Crippen LogP) is 3.38. The van der Waals surface area contributed by atoms with Crippen molar-refractivity contribution in [2.45, 2.75) is 17.7 Å². The first-order valence-electron chi connectivity index (χ1n) is 7.43. The number of rotatable bonds is 3. The molecule has 126 valence electrons. The standard InChI is InChI=1S/C17H16BrNO4S/c1-23-17(20)14-11-13(18)8-9-16(14)24(21,22)19-10-4-6-12-5-2-3-7-15(12)19/h2-3,5,7-9,11H,4,6,10H2,1H3. The van der Waals surface area contributed by atoms with Crippen LogP contribution in [0.3, 0.4) is 0 Å². The molecule has 0 fully saturated rings. The van der Waals surface area contributed by atoms with E-state index in [1.165, 1.54) is 23.5 Å². The summed E-state index contributed by atoms with van der Waals surface area (Å²) in [6.45, 7) is 0.385. The number of methoxy groups -OCH3 is 1. The molecular formula is C17H16BrNO4S. The number of esters is 1. The zero-order valence-electron chi connectivity index (χ0n) is 13.0. The largest absolute Gasteiger partial charge is 0.465 e. The van der Waals surface area contributed by atoms with Crippen LogP contribution in [-0.2, 0) is 21.2 Å². The number of carbonyl (C=O) groups excluding carboxylic acids is 1. The van der Waals surface area contributed by atoms with Crippen LogP contribution in [0.25, 0.3) is 0 Å². The minimum absolute atomic E-state index is 0.0231. The van der Waals surface area contributed by atoms with Crippen molar-refractivity contribution in [2.75, 3.05) is 18.0 Å². The van der Waals surface area contributed by atoms with Crippen LogP contribution in [0, 0.1) is 0 Å². The molecule has 0 radical (unpaired) electrons. The second-order valence-corrected chi connectivity index (χ2v) is 8.19. The molecule has 0 aromatic heterocycles. The van der Waals surface area contributed by atoms with Crippen molar-refractivity contribution in [1.82, 2.24) is 0 Å². The summed E-state index contributed by atoms with van der Waals surface area (Å²) in [6, 6.07) is 11.9. The van der Waals surface area contributed by atoms with E-state index in [-0.39, 0.29) is 10.5 Å². The van der Waals surface area contributed by atoms with Crippen LogP contribution in [0.2, 0.25) is 0 Å². The van der Waals surface area contributed by atoms with Crippen LogP contribution in [0.5, 0.6) is 0 Å². The Morgan fingerprint density at radius 3 is 2.71 bits per heavy atom. The first-order chi connectivity index (χ1) is 11.4. The fourth-order valence-corrected chi connectivity index (χ4v) is 4.93. The number of fused-ring (bicyclic) bond motifs is 1. The Bertz CT molecular complexity index is 895. The molecule has 0 atom stereocenters. The molecule has 0 spiro atoms. The monoisotopic (exact) mass is 409 g/mol. The van der Waals surface area contributed by atoms with Crippen molar-refractivity contribution in [2.24, 2.45) is 0 Å². The second-order valence-electron chi connectivity index (χ2n) is 5.44. The lowest BCUT2D eigenvalue weighted by Gasteiger charge is -2.30. The van der Waals surface area contributed by atoms with Gasteiger partial charge in [-0.2, -0.15) is 0 Å². The molecule has 1 heterocycles. The Morgan fingerprint density at radius 1 is 1.21 bits per heavy atom. The quantitative estimate of drug-likeness (QED) is 0.728. The van der Waals surface area contributed by atoms with Crippen LogP contribution >= 0.6 is 15.9 Å². The Labute approximate surface area is 149 Å². The molecule has 0 aliphatic carbocycles. The van der Waals surface area contributed by atoms with Gasteiger partial charge in [0.1, 0.15) is 4.90 Å². The van der Waals surface area contributed by atoms with E-state index in [0.29, 0.717) is 16.7 Å². The maximum atomic E-state index is 13.2. The SMILES string of the molecule is COC(=O)c1cc(Br)ccc1S(=O)(=O)N1CCCc2ccccc21. The predicted molar refractivity (Wildman–Crippen MR) is 94.8 cm³/mol. The second kappa shape index (κ2) is 6.57. The Morgan fingerprint density at radius 2 is 1.96 bits per heavy atom. The van der Waals surface area contributed by atoms with Crippen LogP contribution in [0.4, 0.5) is 5.69 Å². The van der Waals surface area contributed by atoms with Gasteiger partial charge in [-0.3, -0.25) is 4.31 Å². The zero-order valence-corrected chi connectivity index (χ0v) is 15.4. The van der Waals surface area contributed by atoms with Gasteiger partial charge in [0.25, 0.3) is 10.0 Å². The third-order valence-corrected chi connectivity index (χ3v) is 6.35. The van der Waals surface area contributed by atoms with Crippen molar-refractivity contribution >= 4 is 37.6 Å². The number of para-hydroxylation sites is 1. The van der Waals surface area contributed by atoms with E-state index in [2.05, 4.69) is 15.9 Å². The molecule has 0 saturated heterocycles. The van der Waals surface area contributed by atoms with Crippen molar-refractivity contribution in [3.05, 3.63) is 58.1 Å². The number of halogens is 1. The van der Waals surface area contributed by atoms with E-state index in [9.17, 15) is 13.2 Å². The van der Waals surface area contributed by atoms with Crippen molar-refractivity contribution in [3.8, 4) is 0 Å². The molecule has 1 aliphatic rings. The van der Waals surface area contributed by atoms with Crippen LogP contribution < -0.4 is 4.31 Å². The maximum absolute atomic E-state index is 13.2. The molecule has 0 amide bonds. The normalized spacial score (nSPS) is 14.2. The summed E-state index contributed by atoms with van der Waals surface area (Å²) in [5, 5.41) is 0. The van der Waals surface area contributed by atoms with Crippen molar-refractivity contribution < 1.29 is 17.9 Å². The minimum atomic E-state index is -3.87. The van der Waals surface area contributed by atoms with Gasteiger partial charge in [0.05, 0.1) is 18.4 Å². The maximum Gasteiger partial charge on any atom is 0.339 e. The summed E-state index contributed by atoms with van der Waals surface area (Å²) in [6.07, 6.45) is 1.58. The number of hydrogen-bond donors (Lipinski definition) is 0. The van der Waals surface area contributed by atoms with Gasteiger partial charge in [0.2, 0.25) is 0 Å². The minimum Gasteiger partial charge on any atom is -0.465 e. The highest BCUT2D eigenvalue weighted by Gasteiger charge is 2.32. The fourth-order valence-electron chi connectivity index (χ4n) is 2.86. The number of benzene rings is 2. The van der Waals surface area contributed by atoms with E-state index in [1.54, 1.807) is 12.1 Å². The topological polar surface area (TPSA) is 63.7 Å². The van der Waals surface area contributed by atoms with E-state index < -0.39 is 16.0 Å². The summed E-state index contributed by atoms with van der Waals surface area (Å²) in [5.74, 6) is -0.680. The third kappa shape index (κ3) is 2.93. The first kappa shape index (κ1) is 17.0. The molecule has 0 saturated carbocycles. The molecule has 2 aromatic carbocycles. The highest BCUT2D eigenvalue weighted by atomic mass is 79.9. The lowest BCUT2D eigenvalue weighted by molar-refractivity contribution is 0.0596. The van der Waals surface area contributed by atoms with Gasteiger partial charge < -0.3 is 4.74 Å². The molecule has 0 unspecified atom stereocenters. The number of sulfonamides is 1. The molecular weight excluding hydrogens is 394 g/mol. The number of carbonyl (C=O) groups is 1. The average Bonchev–Trinajstić information content (AvgIpc) is 2.60. The highest BCUT2D eigenvalue weighted by Crippen LogP contribution is 2.33.